The minimum absolute atomic E-state index is 0.0926. The van der Waals surface area contributed by atoms with Gasteiger partial charge in [0.1, 0.15) is 5.75 Å². The lowest BCUT2D eigenvalue weighted by atomic mass is 9.72. The highest BCUT2D eigenvalue weighted by Gasteiger charge is 2.48. The van der Waals surface area contributed by atoms with Crippen LogP contribution in [0.4, 0.5) is 0 Å². The maximum Gasteiger partial charge on any atom is 0.251 e. The molecule has 6 heteroatoms. The number of hydrogen-bond acceptors (Lipinski definition) is 4. The van der Waals surface area contributed by atoms with E-state index in [1.807, 2.05) is 0 Å². The first-order valence-electron chi connectivity index (χ1n) is 9.98. The summed E-state index contributed by atoms with van der Waals surface area (Å²) in [6.45, 7) is 2.60. The van der Waals surface area contributed by atoms with Crippen LogP contribution in [0.1, 0.15) is 36.0 Å². The maximum atomic E-state index is 12.7. The molecule has 1 aromatic carbocycles. The number of methoxy groups -OCH3 is 1. The van der Waals surface area contributed by atoms with Gasteiger partial charge in [0.25, 0.3) is 5.91 Å². The summed E-state index contributed by atoms with van der Waals surface area (Å²) in [5.41, 5.74) is 0.617. The predicted molar refractivity (Wildman–Crippen MR) is 103 cm³/mol. The second kappa shape index (κ2) is 7.50. The van der Waals surface area contributed by atoms with Gasteiger partial charge in [0.05, 0.1) is 13.2 Å². The van der Waals surface area contributed by atoms with Gasteiger partial charge in [-0.1, -0.05) is 0 Å². The number of nitrogens with one attached hydrogen (secondary N) is 1. The number of piperidine rings is 3. The lowest BCUT2D eigenvalue weighted by Gasteiger charge is -2.56. The summed E-state index contributed by atoms with van der Waals surface area (Å²) in [6, 6.07) is 7.57. The molecule has 27 heavy (non-hydrogen) atoms. The van der Waals surface area contributed by atoms with Gasteiger partial charge in [-0.2, -0.15) is 0 Å². The molecule has 6 nitrogen and oxygen atoms in total. The van der Waals surface area contributed by atoms with Crippen LogP contribution in [0.25, 0.3) is 0 Å². The van der Waals surface area contributed by atoms with Gasteiger partial charge in [0.2, 0.25) is 5.91 Å². The fraction of sp³-hybridized carbons (Fsp3) is 0.619. The summed E-state index contributed by atoms with van der Waals surface area (Å²) < 4.78 is 5.15. The third-order valence-corrected chi connectivity index (χ3v) is 6.50. The van der Waals surface area contributed by atoms with Crippen LogP contribution in [0, 0.1) is 11.8 Å². The highest BCUT2D eigenvalue weighted by Crippen LogP contribution is 2.41. The zero-order chi connectivity index (χ0) is 19.0. The van der Waals surface area contributed by atoms with Gasteiger partial charge in [-0.05, 0) is 62.4 Å². The molecule has 4 rings (SSSR count). The molecule has 3 saturated heterocycles. The van der Waals surface area contributed by atoms with Crippen molar-refractivity contribution in [3.63, 3.8) is 0 Å². The molecule has 3 heterocycles. The summed E-state index contributed by atoms with van der Waals surface area (Å²) in [6.07, 6.45) is 3.91. The number of rotatable bonds is 4. The van der Waals surface area contributed by atoms with Crippen molar-refractivity contribution < 1.29 is 14.3 Å². The van der Waals surface area contributed by atoms with Crippen LogP contribution in [0.5, 0.6) is 5.75 Å². The molecule has 0 aromatic heterocycles. The number of ether oxygens (including phenoxy) is 1. The smallest absolute Gasteiger partial charge is 0.251 e. The van der Waals surface area contributed by atoms with Crippen molar-refractivity contribution in [1.29, 1.82) is 0 Å². The topological polar surface area (TPSA) is 61.9 Å². The molecule has 1 aromatic rings. The minimum Gasteiger partial charge on any atom is -0.497 e. The third-order valence-electron chi connectivity index (χ3n) is 6.50. The summed E-state index contributed by atoms with van der Waals surface area (Å²) >= 11 is 0. The van der Waals surface area contributed by atoms with Crippen LogP contribution in [0.15, 0.2) is 24.3 Å². The second-order valence-corrected chi connectivity index (χ2v) is 8.24. The van der Waals surface area contributed by atoms with E-state index in [0.29, 0.717) is 36.4 Å². The summed E-state index contributed by atoms with van der Waals surface area (Å²) in [7, 11) is 3.78. The Kier molecular flexibility index (Phi) is 5.08. The van der Waals surface area contributed by atoms with Gasteiger partial charge in [0.15, 0.2) is 0 Å². The Balaban J connectivity index is 1.48. The van der Waals surface area contributed by atoms with E-state index in [1.165, 1.54) is 6.42 Å². The fourth-order valence-corrected chi connectivity index (χ4v) is 5.31. The van der Waals surface area contributed by atoms with Crippen molar-refractivity contribution in [2.24, 2.45) is 11.8 Å². The van der Waals surface area contributed by atoms with E-state index >= 15 is 0 Å². The standard InChI is InChI=1S/C21H29N3O3/c1-23-12-15-10-16(13-23)19(24-18(15)4-3-5-20(24)25)11-22-21(26)14-6-8-17(27-2)9-7-14/h6-9,15-16,18-19H,3-5,10-13H2,1-2H3,(H,22,26)/t15-,16+,18+,19+/m1/s1. The van der Waals surface area contributed by atoms with Gasteiger partial charge in [-0.3, -0.25) is 9.59 Å². The third kappa shape index (κ3) is 3.55. The van der Waals surface area contributed by atoms with Crippen molar-refractivity contribution in [2.45, 2.75) is 37.8 Å². The van der Waals surface area contributed by atoms with E-state index in [9.17, 15) is 9.59 Å². The highest BCUT2D eigenvalue weighted by molar-refractivity contribution is 5.94. The zero-order valence-electron chi connectivity index (χ0n) is 16.2. The number of benzene rings is 1. The first-order chi connectivity index (χ1) is 13.1. The number of amides is 2. The first-order valence-corrected chi connectivity index (χ1v) is 9.98. The Morgan fingerprint density at radius 3 is 2.70 bits per heavy atom. The Labute approximate surface area is 160 Å². The van der Waals surface area contributed by atoms with E-state index < -0.39 is 0 Å². The number of fused-ring (bicyclic) bond motifs is 4. The zero-order valence-corrected chi connectivity index (χ0v) is 16.2. The molecule has 3 aliphatic heterocycles. The quantitative estimate of drug-likeness (QED) is 0.876. The monoisotopic (exact) mass is 371 g/mol. The van der Waals surface area contributed by atoms with Gasteiger partial charge < -0.3 is 19.9 Å². The Morgan fingerprint density at radius 1 is 1.22 bits per heavy atom. The molecule has 146 valence electrons. The molecule has 0 aliphatic carbocycles. The molecule has 0 unspecified atom stereocenters. The largest absolute Gasteiger partial charge is 0.497 e. The van der Waals surface area contributed by atoms with Crippen LogP contribution < -0.4 is 10.1 Å². The van der Waals surface area contributed by atoms with E-state index in [0.717, 1.165) is 31.7 Å². The van der Waals surface area contributed by atoms with Gasteiger partial charge >= 0.3 is 0 Å². The van der Waals surface area contributed by atoms with Gasteiger partial charge in [-0.25, -0.2) is 0 Å². The molecule has 3 fully saturated rings. The van der Waals surface area contributed by atoms with Gasteiger partial charge in [-0.15, -0.1) is 0 Å². The summed E-state index contributed by atoms with van der Waals surface area (Å²) in [4.78, 5) is 29.9. The molecule has 3 aliphatic rings. The van der Waals surface area contributed by atoms with Crippen molar-refractivity contribution in [3.8, 4) is 5.75 Å². The second-order valence-electron chi connectivity index (χ2n) is 8.24. The number of nitrogens with zero attached hydrogens (tertiary/aromatic N) is 2. The fourth-order valence-electron chi connectivity index (χ4n) is 5.31. The molecule has 1 N–H and O–H groups in total. The number of hydrogen-bond donors (Lipinski definition) is 1. The van der Waals surface area contributed by atoms with Crippen LogP contribution >= 0.6 is 0 Å². The molecule has 2 amide bonds. The first kappa shape index (κ1) is 18.3. The predicted octanol–water partition coefficient (Wildman–Crippen LogP) is 1.76. The number of carbonyl (C=O) groups excluding carboxylic acids is 2. The highest BCUT2D eigenvalue weighted by atomic mass is 16.5. The summed E-state index contributed by atoms with van der Waals surface area (Å²) in [5.74, 6) is 1.92. The average molecular weight is 371 g/mol. The van der Waals surface area contributed by atoms with Crippen LogP contribution in [0.3, 0.4) is 0 Å². The molecule has 0 spiro atoms. The maximum absolute atomic E-state index is 12.7. The van der Waals surface area contributed by atoms with Crippen molar-refractivity contribution >= 4 is 11.8 Å². The molecule has 4 atom stereocenters. The Hall–Kier alpha value is -2.08. The van der Waals surface area contributed by atoms with E-state index in [1.54, 1.807) is 31.4 Å². The van der Waals surface area contributed by atoms with Crippen molar-refractivity contribution in [3.05, 3.63) is 29.8 Å². The van der Waals surface area contributed by atoms with Crippen LogP contribution in [-0.2, 0) is 4.79 Å². The van der Waals surface area contributed by atoms with Crippen LogP contribution in [-0.4, -0.2) is 67.5 Å². The van der Waals surface area contributed by atoms with E-state index in [4.69, 9.17) is 4.74 Å². The molecular formula is C21H29N3O3. The Morgan fingerprint density at radius 2 is 1.96 bits per heavy atom. The minimum atomic E-state index is -0.0926. The van der Waals surface area contributed by atoms with E-state index in [2.05, 4.69) is 22.2 Å². The van der Waals surface area contributed by atoms with Gasteiger partial charge in [0, 0.05) is 37.7 Å². The number of likely N-dealkylation sites (tertiary alicyclic amines) is 1. The number of carbonyl (C=O) groups is 2. The molecule has 0 radical (unpaired) electrons. The van der Waals surface area contributed by atoms with E-state index in [-0.39, 0.29) is 17.9 Å². The Bertz CT molecular complexity index is 705. The summed E-state index contributed by atoms with van der Waals surface area (Å²) in [5, 5.41) is 3.09. The lowest BCUT2D eigenvalue weighted by molar-refractivity contribution is -0.151. The molecule has 0 saturated carbocycles. The normalized spacial score (nSPS) is 30.6. The van der Waals surface area contributed by atoms with Crippen LogP contribution in [0.2, 0.25) is 0 Å². The van der Waals surface area contributed by atoms with Crippen molar-refractivity contribution in [1.82, 2.24) is 15.1 Å². The lowest BCUT2D eigenvalue weighted by Crippen LogP contribution is -2.66. The van der Waals surface area contributed by atoms with Crippen molar-refractivity contribution in [2.75, 3.05) is 33.8 Å². The molecule has 2 bridgehead atoms. The molecular weight excluding hydrogens is 342 g/mol. The average Bonchev–Trinajstić information content (AvgIpc) is 2.68. The SMILES string of the molecule is COc1ccc(C(=O)NC[C@H]2[C@H]3C[C@H](CN(C)C3)[C@@H]3CCCC(=O)N32)cc1.